The summed E-state index contributed by atoms with van der Waals surface area (Å²) in [5.74, 6) is 0.207. The highest BCUT2D eigenvalue weighted by Gasteiger charge is 2.10. The maximum absolute atomic E-state index is 9.54. The van der Waals surface area contributed by atoms with Gasteiger partial charge in [0.2, 0.25) is 0 Å². The van der Waals surface area contributed by atoms with Crippen molar-refractivity contribution in [1.82, 2.24) is 0 Å². The Kier molecular flexibility index (Phi) is 6.92. The van der Waals surface area contributed by atoms with E-state index in [2.05, 4.69) is 15.9 Å². The summed E-state index contributed by atoms with van der Waals surface area (Å²) < 4.78 is 0.893. The molecule has 0 heterocycles. The number of nitrogens with two attached hydrogens (primary N) is 1. The molecule has 5 heteroatoms. The van der Waals surface area contributed by atoms with E-state index < -0.39 is 0 Å². The zero-order chi connectivity index (χ0) is 10.6. The smallest absolute Gasteiger partial charge is 0.120 e. The van der Waals surface area contributed by atoms with E-state index in [0.717, 1.165) is 4.47 Å². The van der Waals surface area contributed by atoms with E-state index in [1.807, 2.05) is 0 Å². The van der Waals surface area contributed by atoms with Gasteiger partial charge in [0.15, 0.2) is 0 Å². The fourth-order valence-electron chi connectivity index (χ4n) is 1.29. The van der Waals surface area contributed by atoms with Gasteiger partial charge < -0.3 is 15.9 Å². The second-order valence-corrected chi connectivity index (χ2v) is 4.09. The van der Waals surface area contributed by atoms with Gasteiger partial charge in [0.25, 0.3) is 0 Å². The van der Waals surface area contributed by atoms with E-state index >= 15 is 0 Å². The first-order valence-corrected chi connectivity index (χ1v) is 5.29. The van der Waals surface area contributed by atoms with Crippen molar-refractivity contribution in [3.8, 4) is 5.75 Å². The highest BCUT2D eigenvalue weighted by Crippen LogP contribution is 2.28. The van der Waals surface area contributed by atoms with Crippen LogP contribution in [0.25, 0.3) is 0 Å². The summed E-state index contributed by atoms with van der Waals surface area (Å²) in [6.07, 6.45) is 1.31. The van der Waals surface area contributed by atoms with Gasteiger partial charge in [-0.2, -0.15) is 0 Å². The number of rotatable bonds is 4. The minimum atomic E-state index is -0.223. The molecule has 1 atom stereocenters. The monoisotopic (exact) mass is 295 g/mol. The lowest BCUT2D eigenvalue weighted by Gasteiger charge is -2.13. The Bertz CT molecular complexity index is 309. The number of aromatic hydroxyl groups is 1. The predicted octanol–water partition coefficient (Wildman–Crippen LogP) is 2.35. The number of aliphatic hydroxyl groups is 1. The summed E-state index contributed by atoms with van der Waals surface area (Å²) in [4.78, 5) is 0. The van der Waals surface area contributed by atoms with E-state index in [-0.39, 0.29) is 30.8 Å². The predicted molar refractivity (Wildman–Crippen MR) is 66.3 cm³/mol. The Morgan fingerprint density at radius 1 is 1.40 bits per heavy atom. The Morgan fingerprint density at radius 3 is 2.67 bits per heavy atom. The lowest BCUT2D eigenvalue weighted by molar-refractivity contribution is 0.279. The van der Waals surface area contributed by atoms with Gasteiger partial charge in [-0.05, 0) is 31.0 Å². The van der Waals surface area contributed by atoms with Gasteiger partial charge in [-0.1, -0.05) is 15.9 Å². The number of phenolic OH excluding ortho intramolecular Hbond substituents is 1. The van der Waals surface area contributed by atoms with Crippen LogP contribution < -0.4 is 5.73 Å². The van der Waals surface area contributed by atoms with Crippen LogP contribution in [0.3, 0.4) is 0 Å². The maximum atomic E-state index is 9.54. The molecule has 1 aromatic rings. The summed E-state index contributed by atoms with van der Waals surface area (Å²) in [6.45, 7) is 0.127. The standard InChI is InChI=1S/C10H14BrNO2.ClH/c11-7-3-4-10(14)8(6-7)9(12)2-1-5-13;/h3-4,6,9,13-14H,1-2,5,12H2;1H/t9-;/m0./s1. The fourth-order valence-corrected chi connectivity index (χ4v) is 1.67. The number of halogens is 2. The quantitative estimate of drug-likeness (QED) is 0.799. The largest absolute Gasteiger partial charge is 0.508 e. The molecule has 1 rings (SSSR count). The molecule has 0 saturated heterocycles. The average molecular weight is 297 g/mol. The van der Waals surface area contributed by atoms with Gasteiger partial charge in [-0.15, -0.1) is 12.4 Å². The average Bonchev–Trinajstić information content (AvgIpc) is 2.18. The lowest BCUT2D eigenvalue weighted by atomic mass is 10.0. The van der Waals surface area contributed by atoms with Gasteiger partial charge >= 0.3 is 0 Å². The van der Waals surface area contributed by atoms with Crippen LogP contribution in [-0.2, 0) is 0 Å². The van der Waals surface area contributed by atoms with E-state index in [1.54, 1.807) is 18.2 Å². The SMILES string of the molecule is Cl.N[C@@H](CCCO)c1cc(Br)ccc1O. The summed E-state index contributed by atoms with van der Waals surface area (Å²) in [6, 6.07) is 4.95. The minimum absolute atomic E-state index is 0. The molecule has 0 aliphatic rings. The molecule has 0 aliphatic heterocycles. The second-order valence-electron chi connectivity index (χ2n) is 3.18. The van der Waals surface area contributed by atoms with Crippen LogP contribution >= 0.6 is 28.3 Å². The van der Waals surface area contributed by atoms with Gasteiger partial charge in [-0.25, -0.2) is 0 Å². The van der Waals surface area contributed by atoms with Gasteiger partial charge in [0.1, 0.15) is 5.75 Å². The number of phenols is 1. The molecular weight excluding hydrogens is 281 g/mol. The molecule has 1 aromatic carbocycles. The van der Waals surface area contributed by atoms with E-state index in [0.29, 0.717) is 18.4 Å². The summed E-state index contributed by atoms with van der Waals surface area (Å²) >= 11 is 3.32. The van der Waals surface area contributed by atoms with Crippen molar-refractivity contribution in [2.45, 2.75) is 18.9 Å². The van der Waals surface area contributed by atoms with Crippen molar-refractivity contribution in [2.24, 2.45) is 5.73 Å². The number of benzene rings is 1. The third-order valence-corrected chi connectivity index (χ3v) is 2.56. The number of hydrogen-bond donors (Lipinski definition) is 3. The normalized spacial score (nSPS) is 11.9. The summed E-state index contributed by atoms with van der Waals surface area (Å²) in [5, 5.41) is 18.2. The molecule has 0 fully saturated rings. The van der Waals surface area contributed by atoms with Crippen LogP contribution in [0.5, 0.6) is 5.75 Å². The lowest BCUT2D eigenvalue weighted by Crippen LogP contribution is -2.11. The van der Waals surface area contributed by atoms with Gasteiger partial charge in [0.05, 0.1) is 0 Å². The van der Waals surface area contributed by atoms with Crippen molar-refractivity contribution in [3.63, 3.8) is 0 Å². The molecule has 0 unspecified atom stereocenters. The molecule has 0 aliphatic carbocycles. The van der Waals surface area contributed by atoms with Crippen LogP contribution in [0.15, 0.2) is 22.7 Å². The van der Waals surface area contributed by atoms with Crippen LogP contribution in [0.4, 0.5) is 0 Å². The molecular formula is C10H15BrClNO2. The van der Waals surface area contributed by atoms with Crippen LogP contribution in [0.1, 0.15) is 24.4 Å². The topological polar surface area (TPSA) is 66.5 Å². The Labute approximate surface area is 104 Å². The minimum Gasteiger partial charge on any atom is -0.508 e. The third kappa shape index (κ3) is 4.38. The van der Waals surface area contributed by atoms with Crippen molar-refractivity contribution in [2.75, 3.05) is 6.61 Å². The van der Waals surface area contributed by atoms with Gasteiger partial charge in [0, 0.05) is 22.7 Å². The van der Waals surface area contributed by atoms with Crippen molar-refractivity contribution in [3.05, 3.63) is 28.2 Å². The molecule has 86 valence electrons. The molecule has 3 nitrogen and oxygen atoms in total. The molecule has 4 N–H and O–H groups in total. The first-order chi connectivity index (χ1) is 6.65. The van der Waals surface area contributed by atoms with Crippen molar-refractivity contribution in [1.29, 1.82) is 0 Å². The Hall–Kier alpha value is -0.290. The zero-order valence-corrected chi connectivity index (χ0v) is 10.6. The molecule has 0 saturated carbocycles. The van der Waals surface area contributed by atoms with Crippen LogP contribution in [0.2, 0.25) is 0 Å². The zero-order valence-electron chi connectivity index (χ0n) is 8.19. The van der Waals surface area contributed by atoms with Crippen molar-refractivity contribution >= 4 is 28.3 Å². The number of aliphatic hydroxyl groups excluding tert-OH is 1. The molecule has 0 radical (unpaired) electrons. The molecule has 15 heavy (non-hydrogen) atoms. The van der Waals surface area contributed by atoms with Crippen molar-refractivity contribution < 1.29 is 10.2 Å². The van der Waals surface area contributed by atoms with E-state index in [1.165, 1.54) is 0 Å². The van der Waals surface area contributed by atoms with Crippen LogP contribution in [-0.4, -0.2) is 16.8 Å². The second kappa shape index (κ2) is 7.06. The van der Waals surface area contributed by atoms with Crippen LogP contribution in [0, 0.1) is 0 Å². The molecule has 0 spiro atoms. The summed E-state index contributed by atoms with van der Waals surface area (Å²) in [5.41, 5.74) is 6.57. The Morgan fingerprint density at radius 2 is 2.07 bits per heavy atom. The van der Waals surface area contributed by atoms with E-state index in [9.17, 15) is 5.11 Å². The summed E-state index contributed by atoms with van der Waals surface area (Å²) in [7, 11) is 0. The molecule has 0 amide bonds. The van der Waals surface area contributed by atoms with Gasteiger partial charge in [-0.3, -0.25) is 0 Å². The third-order valence-electron chi connectivity index (χ3n) is 2.06. The fraction of sp³-hybridized carbons (Fsp3) is 0.400. The van der Waals surface area contributed by atoms with E-state index in [4.69, 9.17) is 10.8 Å². The first kappa shape index (κ1) is 14.7. The first-order valence-electron chi connectivity index (χ1n) is 4.50. The highest BCUT2D eigenvalue weighted by atomic mass is 79.9. The molecule has 0 bridgehead atoms. The number of hydrogen-bond acceptors (Lipinski definition) is 3. The highest BCUT2D eigenvalue weighted by molar-refractivity contribution is 9.10. The maximum Gasteiger partial charge on any atom is 0.120 e. The molecule has 0 aromatic heterocycles. The Balaban J connectivity index is 0.00000196.